The van der Waals surface area contributed by atoms with Gasteiger partial charge in [-0.25, -0.2) is 0 Å². The van der Waals surface area contributed by atoms with Gasteiger partial charge in [0, 0.05) is 16.3 Å². The van der Waals surface area contributed by atoms with Gasteiger partial charge in [0.05, 0.1) is 27.4 Å². The second kappa shape index (κ2) is 12.5. The first-order chi connectivity index (χ1) is 36.6. The van der Waals surface area contributed by atoms with Gasteiger partial charge >= 0.3 is 0 Å². The molecule has 11 aromatic carbocycles. The number of hydrogen-bond acceptors (Lipinski definition) is 1. The van der Waals surface area contributed by atoms with Gasteiger partial charge in [-0.1, -0.05) is 188 Å². The molecule has 57 heavy (non-hydrogen) atoms. The van der Waals surface area contributed by atoms with Crippen molar-refractivity contribution in [1.29, 1.82) is 0 Å². The quantitative estimate of drug-likeness (QED) is 0.164. The fourth-order valence-electron chi connectivity index (χ4n) is 8.10. The molecule has 12 aromatic rings. The Hall–Kier alpha value is -7.48. The molecule has 0 bridgehead atoms. The zero-order valence-corrected chi connectivity index (χ0v) is 29.5. The standard InChI is InChI=1S/C56H34O/c1-2-16-38-33-39(28-27-35(38)13-1)40-30-32-52-51(34-40)50-26-12-25-49(56(50)57-52)48-31-29-37-15-4-6-19-42(37)54(48)55-46-22-9-7-20-44(46)53(45-21-8-10-23-47(45)55)43-24-11-17-36-14-3-5-18-41(36)43/h1-34H/i1D,2D,3D,4D,5D,6D,11D,13D,14D,15D,16D,17D,18D,19D,24D,27D,28D,29D,31D,33D. The fourth-order valence-corrected chi connectivity index (χ4v) is 8.10. The van der Waals surface area contributed by atoms with Crippen molar-refractivity contribution >= 4 is 75.8 Å². The molecule has 0 fully saturated rings. The van der Waals surface area contributed by atoms with Crippen LogP contribution in [0, 0.1) is 0 Å². The minimum atomic E-state index is -0.631. The Morgan fingerprint density at radius 3 is 1.72 bits per heavy atom. The Labute approximate surface area is 357 Å². The number of furan rings is 1. The van der Waals surface area contributed by atoms with Crippen molar-refractivity contribution in [2.45, 2.75) is 0 Å². The first kappa shape index (κ1) is 18.0. The lowest BCUT2D eigenvalue weighted by molar-refractivity contribution is 0.670. The molecule has 0 amide bonds. The average molecular weight is 743 g/mol. The first-order valence-corrected chi connectivity index (χ1v) is 18.0. The Morgan fingerprint density at radius 1 is 0.333 bits per heavy atom. The van der Waals surface area contributed by atoms with Crippen LogP contribution < -0.4 is 0 Å². The van der Waals surface area contributed by atoms with E-state index in [0.717, 1.165) is 0 Å². The smallest absolute Gasteiger partial charge is 0.143 e. The van der Waals surface area contributed by atoms with Gasteiger partial charge in [-0.15, -0.1) is 0 Å². The first-order valence-electron chi connectivity index (χ1n) is 28.0. The number of fused-ring (bicyclic) bond motifs is 8. The van der Waals surface area contributed by atoms with Crippen LogP contribution in [0.5, 0.6) is 0 Å². The monoisotopic (exact) mass is 742 g/mol. The third-order valence-corrected chi connectivity index (χ3v) is 10.5. The predicted molar refractivity (Wildman–Crippen MR) is 243 cm³/mol. The summed E-state index contributed by atoms with van der Waals surface area (Å²) in [5.74, 6) is 0. The summed E-state index contributed by atoms with van der Waals surface area (Å²) in [4.78, 5) is 0. The topological polar surface area (TPSA) is 13.1 Å². The largest absolute Gasteiger partial charge is 0.455 e. The molecule has 0 aliphatic rings. The van der Waals surface area contributed by atoms with E-state index < -0.39 is 115 Å². The van der Waals surface area contributed by atoms with E-state index in [1.54, 1.807) is 84.9 Å². The summed E-state index contributed by atoms with van der Waals surface area (Å²) in [5.41, 5.74) is 1.54. The molecule has 0 radical (unpaired) electrons. The highest BCUT2D eigenvalue weighted by Crippen LogP contribution is 2.50. The minimum Gasteiger partial charge on any atom is -0.455 e. The van der Waals surface area contributed by atoms with Crippen molar-refractivity contribution in [3.63, 3.8) is 0 Å². The lowest BCUT2D eigenvalue weighted by Gasteiger charge is -2.22. The van der Waals surface area contributed by atoms with Crippen molar-refractivity contribution in [2.75, 3.05) is 0 Å². The normalized spacial score (nSPS) is 16.8. The number of rotatable bonds is 4. The van der Waals surface area contributed by atoms with E-state index in [9.17, 15) is 8.22 Å². The van der Waals surface area contributed by atoms with E-state index in [0.29, 0.717) is 37.9 Å². The summed E-state index contributed by atoms with van der Waals surface area (Å²) in [6, 6.07) is 12.8. The minimum absolute atomic E-state index is 0.0256. The molecule has 12 rings (SSSR count). The Balaban J connectivity index is 1.22. The number of benzene rings is 11. The van der Waals surface area contributed by atoms with Crippen LogP contribution in [-0.4, -0.2) is 0 Å². The molecule has 0 spiro atoms. The van der Waals surface area contributed by atoms with Crippen LogP contribution in [0.25, 0.3) is 120 Å². The molecular formula is C56H34O. The van der Waals surface area contributed by atoms with E-state index in [2.05, 4.69) is 0 Å². The van der Waals surface area contributed by atoms with Gasteiger partial charge in [-0.2, -0.15) is 0 Å². The van der Waals surface area contributed by atoms with Gasteiger partial charge in [0.25, 0.3) is 0 Å². The molecule has 1 aromatic heterocycles. The van der Waals surface area contributed by atoms with Gasteiger partial charge in [0.15, 0.2) is 0 Å². The second-order valence-electron chi connectivity index (χ2n) is 13.6. The summed E-state index contributed by atoms with van der Waals surface area (Å²) >= 11 is 0. The van der Waals surface area contributed by atoms with Gasteiger partial charge in [-0.05, 0) is 111 Å². The molecule has 0 N–H and O–H groups in total. The summed E-state index contributed by atoms with van der Waals surface area (Å²) in [7, 11) is 0. The van der Waals surface area contributed by atoms with Crippen LogP contribution in [0.3, 0.4) is 0 Å². The molecule has 1 nitrogen and oxygen atoms in total. The fraction of sp³-hybridized carbons (Fsp3) is 0. The lowest BCUT2D eigenvalue weighted by Crippen LogP contribution is -1.94. The molecule has 0 unspecified atom stereocenters. The van der Waals surface area contributed by atoms with E-state index in [1.807, 2.05) is 0 Å². The van der Waals surface area contributed by atoms with Crippen LogP contribution in [-0.2, 0) is 0 Å². The van der Waals surface area contributed by atoms with Crippen molar-refractivity contribution in [1.82, 2.24) is 0 Å². The van der Waals surface area contributed by atoms with E-state index >= 15 is 0 Å². The van der Waals surface area contributed by atoms with Crippen molar-refractivity contribution in [3.8, 4) is 44.5 Å². The summed E-state index contributed by atoms with van der Waals surface area (Å²) in [6.45, 7) is 0. The highest BCUT2D eigenvalue weighted by atomic mass is 16.3. The molecule has 0 aliphatic carbocycles. The van der Waals surface area contributed by atoms with Crippen LogP contribution >= 0.6 is 0 Å². The maximum atomic E-state index is 9.95. The van der Waals surface area contributed by atoms with Gasteiger partial charge in [0.2, 0.25) is 0 Å². The molecule has 1 heterocycles. The van der Waals surface area contributed by atoms with Gasteiger partial charge < -0.3 is 4.42 Å². The zero-order chi connectivity index (χ0) is 54.9. The molecular weight excluding hydrogens is 689 g/mol. The molecule has 0 saturated carbocycles. The molecule has 0 saturated heterocycles. The predicted octanol–water partition coefficient (Wildman–Crippen LogP) is 16.0. The molecule has 0 atom stereocenters. The summed E-state index contributed by atoms with van der Waals surface area (Å²) < 4.78 is 186. The molecule has 1 heteroatoms. The molecule has 0 aliphatic heterocycles. The van der Waals surface area contributed by atoms with Crippen LogP contribution in [0.1, 0.15) is 27.4 Å². The van der Waals surface area contributed by atoms with Crippen molar-refractivity contribution in [3.05, 3.63) is 206 Å². The Kier molecular flexibility index (Phi) is 3.95. The lowest BCUT2D eigenvalue weighted by atomic mass is 9.81. The van der Waals surface area contributed by atoms with E-state index in [4.69, 9.17) is 23.6 Å². The average Bonchev–Trinajstić information content (AvgIpc) is 3.77. The van der Waals surface area contributed by atoms with Gasteiger partial charge in [-0.3, -0.25) is 0 Å². The SMILES string of the molecule is [2H]c1c([2H])c([2H])c2c([2H])c(-c3ccc4oc5c(-c6c([2H])c([2H])c7c([2H])c([2H])c([2H])c([2H])c7c6-c6c7ccccc7c(-c7c([2H])c([2H])c([2H])c8c([2H])c([2H])c([2H])c([2H])c78)c7ccccc67)cccc5c4c3)c([2H])c([2H])c2c1[2H]. The third kappa shape index (κ3) is 4.89. The Morgan fingerprint density at radius 2 is 0.947 bits per heavy atom. The van der Waals surface area contributed by atoms with Gasteiger partial charge in [0.1, 0.15) is 11.2 Å². The van der Waals surface area contributed by atoms with Crippen molar-refractivity contribution in [2.24, 2.45) is 0 Å². The maximum absolute atomic E-state index is 9.95. The van der Waals surface area contributed by atoms with Crippen LogP contribution in [0.15, 0.2) is 210 Å². The third-order valence-electron chi connectivity index (χ3n) is 10.5. The highest BCUT2D eigenvalue weighted by Gasteiger charge is 2.23. The molecule has 264 valence electrons. The number of para-hydroxylation sites is 1. The maximum Gasteiger partial charge on any atom is 0.143 e. The zero-order valence-electron chi connectivity index (χ0n) is 49.5. The Bertz CT molecular complexity index is 4690. The van der Waals surface area contributed by atoms with Crippen molar-refractivity contribution < 1.29 is 31.8 Å². The van der Waals surface area contributed by atoms with Crippen LogP contribution in [0.4, 0.5) is 0 Å². The summed E-state index contributed by atoms with van der Waals surface area (Å²) in [5, 5.41) is 1.17. The number of hydrogen-bond donors (Lipinski definition) is 0. The summed E-state index contributed by atoms with van der Waals surface area (Å²) in [6.07, 6.45) is 0. The van der Waals surface area contributed by atoms with E-state index in [-0.39, 0.29) is 88.5 Å². The van der Waals surface area contributed by atoms with E-state index in [1.165, 1.54) is 0 Å². The highest BCUT2D eigenvalue weighted by molar-refractivity contribution is 6.27. The van der Waals surface area contributed by atoms with Crippen LogP contribution in [0.2, 0.25) is 0 Å². The second-order valence-corrected chi connectivity index (χ2v) is 13.6.